The Balaban J connectivity index is 3.03. The molecule has 8 heteroatoms. The number of nitrogens with two attached hydrogens (primary N) is 1. The van der Waals surface area contributed by atoms with Crippen LogP contribution in [-0.4, -0.2) is 22.9 Å². The van der Waals surface area contributed by atoms with Gasteiger partial charge in [-0.25, -0.2) is 22.0 Å². The Labute approximate surface area is 119 Å². The first-order valence-corrected chi connectivity index (χ1v) is 8.85. The van der Waals surface area contributed by atoms with Crippen LogP contribution < -0.4 is 9.86 Å². The van der Waals surface area contributed by atoms with E-state index in [1.165, 1.54) is 12.1 Å². The van der Waals surface area contributed by atoms with Crippen LogP contribution in [0, 0.1) is 12.3 Å². The van der Waals surface area contributed by atoms with E-state index in [-0.39, 0.29) is 9.79 Å². The van der Waals surface area contributed by atoms with Crippen LogP contribution in [0.4, 0.5) is 0 Å². The molecule has 0 saturated heterocycles. The van der Waals surface area contributed by atoms with Crippen molar-refractivity contribution in [3.05, 3.63) is 24.3 Å². The van der Waals surface area contributed by atoms with Gasteiger partial charge in [0.2, 0.25) is 20.0 Å². The predicted octanol–water partition coefficient (Wildman–Crippen LogP) is 0.414. The van der Waals surface area contributed by atoms with E-state index < -0.39 is 26.1 Å². The third-order valence-corrected chi connectivity index (χ3v) is 4.96. The van der Waals surface area contributed by atoms with Crippen LogP contribution in [0.5, 0.6) is 0 Å². The standard InChI is InChI=1S/C12H16N2O4S2/c1-3-5-10(4-2)14-20(17,18)12-8-6-11(7-9-12)19(13,15)16/h2,6-10,14H,3,5H2,1H3,(H2,13,15,16). The summed E-state index contributed by atoms with van der Waals surface area (Å²) in [5.74, 6) is 2.36. The molecule has 1 unspecified atom stereocenters. The number of hydrogen-bond donors (Lipinski definition) is 2. The maximum absolute atomic E-state index is 12.0. The average Bonchev–Trinajstić information content (AvgIpc) is 2.37. The second kappa shape index (κ2) is 6.37. The van der Waals surface area contributed by atoms with Crippen molar-refractivity contribution >= 4 is 20.0 Å². The van der Waals surface area contributed by atoms with Crippen LogP contribution >= 0.6 is 0 Å². The van der Waals surface area contributed by atoms with Gasteiger partial charge in [0.15, 0.2) is 0 Å². The SMILES string of the molecule is C#CC(CCC)NS(=O)(=O)c1ccc(S(N)(=O)=O)cc1. The molecule has 0 aliphatic heterocycles. The van der Waals surface area contributed by atoms with E-state index in [1.54, 1.807) is 0 Å². The van der Waals surface area contributed by atoms with Crippen molar-refractivity contribution in [1.29, 1.82) is 0 Å². The van der Waals surface area contributed by atoms with Crippen molar-refractivity contribution in [2.24, 2.45) is 5.14 Å². The molecular weight excluding hydrogens is 300 g/mol. The van der Waals surface area contributed by atoms with Crippen molar-refractivity contribution in [3.63, 3.8) is 0 Å². The molecule has 0 bridgehead atoms. The number of nitrogens with one attached hydrogen (secondary N) is 1. The van der Waals surface area contributed by atoms with Crippen LogP contribution in [0.3, 0.4) is 0 Å². The van der Waals surface area contributed by atoms with Gasteiger partial charge < -0.3 is 0 Å². The van der Waals surface area contributed by atoms with Crippen LogP contribution in [0.25, 0.3) is 0 Å². The maximum atomic E-state index is 12.0. The zero-order chi connectivity index (χ0) is 15.4. The van der Waals surface area contributed by atoms with Gasteiger partial charge in [0, 0.05) is 0 Å². The molecule has 0 spiro atoms. The number of sulfonamides is 2. The monoisotopic (exact) mass is 316 g/mol. The lowest BCUT2D eigenvalue weighted by Gasteiger charge is -2.12. The van der Waals surface area contributed by atoms with Crippen LogP contribution in [-0.2, 0) is 20.0 Å². The van der Waals surface area contributed by atoms with Gasteiger partial charge in [-0.15, -0.1) is 6.42 Å². The van der Waals surface area contributed by atoms with E-state index >= 15 is 0 Å². The normalized spacial score (nSPS) is 13.7. The van der Waals surface area contributed by atoms with E-state index in [2.05, 4.69) is 10.6 Å². The first kappa shape index (κ1) is 16.7. The lowest BCUT2D eigenvalue weighted by atomic mass is 10.2. The number of benzene rings is 1. The number of terminal acetylenes is 1. The molecule has 20 heavy (non-hydrogen) atoms. The third-order valence-electron chi connectivity index (χ3n) is 2.54. The van der Waals surface area contributed by atoms with Gasteiger partial charge in [-0.1, -0.05) is 19.3 Å². The van der Waals surface area contributed by atoms with Gasteiger partial charge in [0.25, 0.3) is 0 Å². The Morgan fingerprint density at radius 2 is 1.70 bits per heavy atom. The fourth-order valence-electron chi connectivity index (χ4n) is 1.53. The number of primary sulfonamides is 1. The summed E-state index contributed by atoms with van der Waals surface area (Å²) in [4.78, 5) is -0.222. The molecule has 1 atom stereocenters. The maximum Gasteiger partial charge on any atom is 0.241 e. The summed E-state index contributed by atoms with van der Waals surface area (Å²) in [6.07, 6.45) is 6.51. The van der Waals surface area contributed by atoms with E-state index in [4.69, 9.17) is 11.6 Å². The quantitative estimate of drug-likeness (QED) is 0.741. The topological polar surface area (TPSA) is 106 Å². The molecule has 1 aromatic rings. The number of hydrogen-bond acceptors (Lipinski definition) is 4. The zero-order valence-corrected chi connectivity index (χ0v) is 12.5. The molecule has 0 aliphatic carbocycles. The molecular formula is C12H16N2O4S2. The van der Waals surface area contributed by atoms with Crippen LogP contribution in [0.2, 0.25) is 0 Å². The molecule has 0 aromatic heterocycles. The summed E-state index contributed by atoms with van der Waals surface area (Å²) in [5, 5.41) is 4.94. The molecule has 0 saturated carbocycles. The molecule has 0 heterocycles. The van der Waals surface area contributed by atoms with Gasteiger partial charge in [0.1, 0.15) is 0 Å². The summed E-state index contributed by atoms with van der Waals surface area (Å²) < 4.78 is 48.7. The lowest BCUT2D eigenvalue weighted by molar-refractivity contribution is 0.564. The van der Waals surface area contributed by atoms with Crippen molar-refractivity contribution in [1.82, 2.24) is 4.72 Å². The van der Waals surface area contributed by atoms with Gasteiger partial charge in [-0.2, -0.15) is 4.72 Å². The van der Waals surface area contributed by atoms with Gasteiger partial charge >= 0.3 is 0 Å². The Bertz CT molecular complexity index is 701. The first-order valence-electron chi connectivity index (χ1n) is 5.82. The predicted molar refractivity (Wildman–Crippen MR) is 75.7 cm³/mol. The molecule has 0 radical (unpaired) electrons. The summed E-state index contributed by atoms with van der Waals surface area (Å²) >= 11 is 0. The fourth-order valence-corrected chi connectivity index (χ4v) is 3.24. The van der Waals surface area contributed by atoms with Gasteiger partial charge in [0.05, 0.1) is 15.8 Å². The molecule has 0 fully saturated rings. The van der Waals surface area contributed by atoms with Crippen molar-refractivity contribution in [2.45, 2.75) is 35.6 Å². The van der Waals surface area contributed by atoms with Gasteiger partial charge in [-0.3, -0.25) is 0 Å². The molecule has 0 aliphatic rings. The van der Waals surface area contributed by atoms with E-state index in [9.17, 15) is 16.8 Å². The molecule has 0 amide bonds. The highest BCUT2D eigenvalue weighted by Gasteiger charge is 2.19. The van der Waals surface area contributed by atoms with Crippen molar-refractivity contribution in [2.75, 3.05) is 0 Å². The molecule has 6 nitrogen and oxygen atoms in total. The fraction of sp³-hybridized carbons (Fsp3) is 0.333. The summed E-state index contributed by atoms with van der Waals surface area (Å²) in [6.45, 7) is 1.89. The Morgan fingerprint density at radius 1 is 1.20 bits per heavy atom. The molecule has 1 aromatic carbocycles. The van der Waals surface area contributed by atoms with Crippen molar-refractivity contribution in [3.8, 4) is 12.3 Å². The Hall–Kier alpha value is -1.40. The molecule has 1 rings (SSSR count). The van der Waals surface area contributed by atoms with E-state index in [0.717, 1.165) is 18.6 Å². The van der Waals surface area contributed by atoms with E-state index in [0.29, 0.717) is 6.42 Å². The highest BCUT2D eigenvalue weighted by atomic mass is 32.2. The molecule has 110 valence electrons. The zero-order valence-electron chi connectivity index (χ0n) is 10.9. The van der Waals surface area contributed by atoms with E-state index in [1.807, 2.05) is 6.92 Å². The summed E-state index contributed by atoms with van der Waals surface area (Å²) in [6, 6.07) is 4.01. The first-order chi connectivity index (χ1) is 9.20. The smallest absolute Gasteiger partial charge is 0.225 e. The minimum atomic E-state index is -3.85. The Kier molecular flexibility index (Phi) is 5.30. The second-order valence-electron chi connectivity index (χ2n) is 4.15. The van der Waals surface area contributed by atoms with Crippen molar-refractivity contribution < 1.29 is 16.8 Å². The highest BCUT2D eigenvalue weighted by Crippen LogP contribution is 2.14. The molecule has 3 N–H and O–H groups in total. The average molecular weight is 316 g/mol. The minimum Gasteiger partial charge on any atom is -0.225 e. The summed E-state index contributed by atoms with van der Waals surface area (Å²) in [5.41, 5.74) is 0. The third kappa shape index (κ3) is 4.31. The van der Waals surface area contributed by atoms with Gasteiger partial charge in [-0.05, 0) is 30.7 Å². The van der Waals surface area contributed by atoms with Crippen LogP contribution in [0.15, 0.2) is 34.1 Å². The second-order valence-corrected chi connectivity index (χ2v) is 7.42. The van der Waals surface area contributed by atoms with Crippen LogP contribution in [0.1, 0.15) is 19.8 Å². The highest BCUT2D eigenvalue weighted by molar-refractivity contribution is 7.89. The lowest BCUT2D eigenvalue weighted by Crippen LogP contribution is -2.33. The summed E-state index contributed by atoms with van der Waals surface area (Å²) in [7, 11) is -7.63. The Morgan fingerprint density at radius 3 is 2.10 bits per heavy atom. The number of rotatable bonds is 6. The minimum absolute atomic E-state index is 0.0683. The largest absolute Gasteiger partial charge is 0.241 e.